The van der Waals surface area contributed by atoms with Crippen molar-refractivity contribution in [3.8, 4) is 0 Å². The van der Waals surface area contributed by atoms with E-state index in [-0.39, 0.29) is 5.78 Å². The zero-order valence-corrected chi connectivity index (χ0v) is 9.81. The van der Waals surface area contributed by atoms with Crippen molar-refractivity contribution in [2.75, 3.05) is 18.0 Å². The highest BCUT2D eigenvalue weighted by atomic mass is 16.1. The molecule has 2 heteroatoms. The summed E-state index contributed by atoms with van der Waals surface area (Å²) in [5.41, 5.74) is 2.64. The number of para-hydroxylation sites is 1. The van der Waals surface area contributed by atoms with Gasteiger partial charge in [0.25, 0.3) is 0 Å². The van der Waals surface area contributed by atoms with Gasteiger partial charge in [-0.25, -0.2) is 0 Å². The number of likely N-dealkylation sites (N-methyl/N-ethyl adjacent to an activating group) is 1. The Kier molecular flexibility index (Phi) is 3.09. The lowest BCUT2D eigenvalue weighted by Gasteiger charge is -2.16. The molecule has 0 aromatic heterocycles. The van der Waals surface area contributed by atoms with E-state index < -0.39 is 0 Å². The van der Waals surface area contributed by atoms with Crippen LogP contribution in [0.25, 0.3) is 0 Å². The molecule has 2 rings (SSSR count). The number of hydrogen-bond acceptors (Lipinski definition) is 2. The van der Waals surface area contributed by atoms with E-state index in [2.05, 4.69) is 36.1 Å². The molecule has 1 aromatic carbocycles. The Hall–Kier alpha value is -1.57. The van der Waals surface area contributed by atoms with Gasteiger partial charge in [0.05, 0.1) is 0 Å². The minimum atomic E-state index is 0.118. The number of anilines is 1. The summed E-state index contributed by atoms with van der Waals surface area (Å²) in [7, 11) is 0. The Morgan fingerprint density at radius 2 is 2.25 bits per heavy atom. The number of carbonyl (C=O) groups is 1. The number of benzene rings is 1. The van der Waals surface area contributed by atoms with Crippen LogP contribution < -0.4 is 4.90 Å². The maximum atomic E-state index is 11.0. The predicted octanol–water partition coefficient (Wildman–Crippen LogP) is 2.76. The molecule has 0 radical (unpaired) electrons. The molecular formula is C14H17NO. The standard InChI is InChI=1S/C14H17NO/c1-3-15-10-12(9-8-11(2)16)13-6-4-5-7-14(13)15/h4-9,12H,3,10H2,1-2H3/b9-8+. The summed E-state index contributed by atoms with van der Waals surface area (Å²) in [5, 5.41) is 0. The van der Waals surface area contributed by atoms with Gasteiger partial charge in [-0.3, -0.25) is 4.79 Å². The van der Waals surface area contributed by atoms with Crippen LogP contribution in [-0.2, 0) is 4.79 Å². The molecule has 1 aromatic rings. The smallest absolute Gasteiger partial charge is 0.152 e. The maximum absolute atomic E-state index is 11.0. The molecule has 1 atom stereocenters. The van der Waals surface area contributed by atoms with Gasteiger partial charge in [-0.05, 0) is 31.6 Å². The molecule has 0 bridgehead atoms. The van der Waals surface area contributed by atoms with E-state index in [0.29, 0.717) is 5.92 Å². The Morgan fingerprint density at radius 1 is 1.50 bits per heavy atom. The topological polar surface area (TPSA) is 20.3 Å². The van der Waals surface area contributed by atoms with Crippen molar-refractivity contribution in [2.24, 2.45) is 0 Å². The van der Waals surface area contributed by atoms with Crippen molar-refractivity contribution in [3.05, 3.63) is 42.0 Å². The lowest BCUT2D eigenvalue weighted by Crippen LogP contribution is -2.20. The van der Waals surface area contributed by atoms with E-state index >= 15 is 0 Å². The van der Waals surface area contributed by atoms with E-state index in [4.69, 9.17) is 0 Å². The highest BCUT2D eigenvalue weighted by Gasteiger charge is 2.24. The van der Waals surface area contributed by atoms with Gasteiger partial charge in [-0.2, -0.15) is 0 Å². The van der Waals surface area contributed by atoms with E-state index in [1.807, 2.05) is 6.08 Å². The minimum absolute atomic E-state index is 0.118. The summed E-state index contributed by atoms with van der Waals surface area (Å²) in [4.78, 5) is 13.3. The summed E-state index contributed by atoms with van der Waals surface area (Å²) >= 11 is 0. The van der Waals surface area contributed by atoms with Crippen LogP contribution in [-0.4, -0.2) is 18.9 Å². The zero-order valence-electron chi connectivity index (χ0n) is 9.81. The SMILES string of the molecule is CCN1CC(/C=C/C(C)=O)c2ccccc21. The van der Waals surface area contributed by atoms with Gasteiger partial charge >= 0.3 is 0 Å². The van der Waals surface area contributed by atoms with Crippen molar-refractivity contribution < 1.29 is 4.79 Å². The van der Waals surface area contributed by atoms with E-state index in [9.17, 15) is 4.79 Å². The minimum Gasteiger partial charge on any atom is -0.371 e. The highest BCUT2D eigenvalue weighted by Crippen LogP contribution is 2.36. The van der Waals surface area contributed by atoms with Crippen LogP contribution >= 0.6 is 0 Å². The van der Waals surface area contributed by atoms with Crippen LogP contribution in [0.3, 0.4) is 0 Å². The largest absolute Gasteiger partial charge is 0.371 e. The maximum Gasteiger partial charge on any atom is 0.152 e. The van der Waals surface area contributed by atoms with Gasteiger partial charge in [0.2, 0.25) is 0 Å². The number of carbonyl (C=O) groups excluding carboxylic acids is 1. The molecule has 0 amide bonds. The molecule has 2 nitrogen and oxygen atoms in total. The summed E-state index contributed by atoms with van der Waals surface area (Å²) < 4.78 is 0. The Morgan fingerprint density at radius 3 is 2.94 bits per heavy atom. The molecule has 1 aliphatic rings. The second-order valence-corrected chi connectivity index (χ2v) is 4.17. The second kappa shape index (κ2) is 4.52. The fraction of sp³-hybridized carbons (Fsp3) is 0.357. The molecule has 0 spiro atoms. The Bertz CT molecular complexity index is 422. The second-order valence-electron chi connectivity index (χ2n) is 4.17. The normalized spacial score (nSPS) is 19.1. The first-order valence-electron chi connectivity index (χ1n) is 5.75. The Labute approximate surface area is 96.6 Å². The van der Waals surface area contributed by atoms with Crippen molar-refractivity contribution in [1.29, 1.82) is 0 Å². The molecule has 1 unspecified atom stereocenters. The van der Waals surface area contributed by atoms with E-state index in [1.54, 1.807) is 13.0 Å². The van der Waals surface area contributed by atoms with Gasteiger partial charge in [0.1, 0.15) is 0 Å². The summed E-state index contributed by atoms with van der Waals surface area (Å²) in [5.74, 6) is 0.479. The first-order valence-corrected chi connectivity index (χ1v) is 5.75. The molecule has 0 fully saturated rings. The fourth-order valence-corrected chi connectivity index (χ4v) is 2.24. The molecule has 0 saturated carbocycles. The van der Waals surface area contributed by atoms with Crippen molar-refractivity contribution in [2.45, 2.75) is 19.8 Å². The van der Waals surface area contributed by atoms with Crippen LogP contribution in [0.5, 0.6) is 0 Å². The third-order valence-electron chi connectivity index (χ3n) is 3.04. The van der Waals surface area contributed by atoms with Gasteiger partial charge in [0, 0.05) is 24.7 Å². The van der Waals surface area contributed by atoms with Crippen molar-refractivity contribution >= 4 is 11.5 Å². The van der Waals surface area contributed by atoms with Gasteiger partial charge in [-0.1, -0.05) is 24.3 Å². The van der Waals surface area contributed by atoms with Gasteiger partial charge in [0.15, 0.2) is 5.78 Å². The lowest BCUT2D eigenvalue weighted by molar-refractivity contribution is -0.112. The van der Waals surface area contributed by atoms with Crippen LogP contribution in [0.4, 0.5) is 5.69 Å². The van der Waals surface area contributed by atoms with E-state index in [0.717, 1.165) is 13.1 Å². The van der Waals surface area contributed by atoms with Crippen LogP contribution in [0.2, 0.25) is 0 Å². The third-order valence-corrected chi connectivity index (χ3v) is 3.04. The molecule has 0 saturated heterocycles. The first kappa shape index (κ1) is 10.9. The number of nitrogens with zero attached hydrogens (tertiary/aromatic N) is 1. The average molecular weight is 215 g/mol. The average Bonchev–Trinajstić information content (AvgIpc) is 2.65. The number of rotatable bonds is 3. The summed E-state index contributed by atoms with van der Waals surface area (Å²) in [6, 6.07) is 8.44. The Balaban J connectivity index is 2.29. The fourth-order valence-electron chi connectivity index (χ4n) is 2.24. The molecular weight excluding hydrogens is 198 g/mol. The summed E-state index contributed by atoms with van der Waals surface area (Å²) in [6.45, 7) is 5.75. The molecule has 1 heterocycles. The van der Waals surface area contributed by atoms with Crippen LogP contribution in [0, 0.1) is 0 Å². The molecule has 0 N–H and O–H groups in total. The highest BCUT2D eigenvalue weighted by molar-refractivity contribution is 5.87. The molecule has 16 heavy (non-hydrogen) atoms. The van der Waals surface area contributed by atoms with Crippen LogP contribution in [0.1, 0.15) is 25.3 Å². The molecule has 84 valence electrons. The lowest BCUT2D eigenvalue weighted by atomic mass is 10.0. The van der Waals surface area contributed by atoms with Gasteiger partial charge in [-0.15, -0.1) is 0 Å². The van der Waals surface area contributed by atoms with Gasteiger partial charge < -0.3 is 4.90 Å². The number of ketones is 1. The van der Waals surface area contributed by atoms with Crippen molar-refractivity contribution in [3.63, 3.8) is 0 Å². The van der Waals surface area contributed by atoms with Crippen LogP contribution in [0.15, 0.2) is 36.4 Å². The first-order chi connectivity index (χ1) is 7.72. The predicted molar refractivity (Wildman–Crippen MR) is 66.9 cm³/mol. The van der Waals surface area contributed by atoms with E-state index in [1.165, 1.54) is 11.3 Å². The number of allylic oxidation sites excluding steroid dienone is 1. The van der Waals surface area contributed by atoms with Crippen molar-refractivity contribution in [1.82, 2.24) is 0 Å². The molecule has 1 aliphatic heterocycles. The molecule has 0 aliphatic carbocycles. The zero-order chi connectivity index (χ0) is 11.5. The number of fused-ring (bicyclic) bond motifs is 1. The monoisotopic (exact) mass is 215 g/mol. The number of hydrogen-bond donors (Lipinski definition) is 0. The quantitative estimate of drug-likeness (QED) is 0.723. The third kappa shape index (κ3) is 2.01. The summed E-state index contributed by atoms with van der Waals surface area (Å²) in [6.07, 6.45) is 3.71.